The van der Waals surface area contributed by atoms with Crippen molar-refractivity contribution in [3.05, 3.63) is 109 Å². The lowest BCUT2D eigenvalue weighted by molar-refractivity contribution is 1.63. The van der Waals surface area contributed by atoms with Gasteiger partial charge in [0.2, 0.25) is 0 Å². The highest BCUT2D eigenvalue weighted by Crippen LogP contribution is 2.40. The molecule has 0 heterocycles. The van der Waals surface area contributed by atoms with Crippen molar-refractivity contribution in [3.63, 3.8) is 0 Å². The van der Waals surface area contributed by atoms with E-state index < -0.39 is 0 Å². The van der Waals surface area contributed by atoms with E-state index in [0.29, 0.717) is 0 Å². The summed E-state index contributed by atoms with van der Waals surface area (Å²) in [6.07, 6.45) is 14.7. The molecular weight excluding hydrogens is 324 g/mol. The quantitative estimate of drug-likeness (QED) is 0.322. The van der Waals surface area contributed by atoms with Crippen LogP contribution in [0.15, 0.2) is 97.6 Å². The van der Waals surface area contributed by atoms with Crippen LogP contribution in [0.4, 0.5) is 0 Å². The zero-order chi connectivity index (χ0) is 19.2. The van der Waals surface area contributed by atoms with E-state index in [9.17, 15) is 0 Å². The fourth-order valence-electron chi connectivity index (χ4n) is 3.78. The van der Waals surface area contributed by atoms with Crippen LogP contribution in [0.2, 0.25) is 0 Å². The smallest absolute Gasteiger partial charge is 0.00265 e. The number of fused-ring (bicyclic) bond motifs is 2. The maximum absolute atomic E-state index is 3.92. The first-order chi connectivity index (χ1) is 13.3. The molecule has 3 rings (SSSR count). The highest BCUT2D eigenvalue weighted by atomic mass is 14.2. The van der Waals surface area contributed by atoms with Gasteiger partial charge in [-0.3, -0.25) is 0 Å². The standard InChI is InChI=1S/C27H26/c1-5-13-20(8-4)26-22-16-9-11-18-24(22)27(21(14-6-2)15-7-3)25-19-12-10-17-23(25)26/h5-19H,2H2,1,3-4H3/b13-5-,15-7-,20-8+,21-14+. The second kappa shape index (κ2) is 8.51. The third kappa shape index (κ3) is 3.44. The third-order valence-electron chi connectivity index (χ3n) is 4.81. The Hall–Kier alpha value is -3.12. The molecule has 0 atom stereocenters. The van der Waals surface area contributed by atoms with Crippen LogP contribution in [-0.4, -0.2) is 0 Å². The van der Waals surface area contributed by atoms with Crippen molar-refractivity contribution in [3.8, 4) is 0 Å². The van der Waals surface area contributed by atoms with E-state index >= 15 is 0 Å². The minimum atomic E-state index is 1.18. The molecule has 0 amide bonds. The first-order valence-corrected chi connectivity index (χ1v) is 9.45. The number of benzene rings is 3. The Kier molecular flexibility index (Phi) is 5.88. The summed E-state index contributed by atoms with van der Waals surface area (Å²) >= 11 is 0. The molecule has 0 saturated heterocycles. The van der Waals surface area contributed by atoms with Gasteiger partial charge >= 0.3 is 0 Å². The van der Waals surface area contributed by atoms with Crippen LogP contribution in [-0.2, 0) is 0 Å². The van der Waals surface area contributed by atoms with Gasteiger partial charge < -0.3 is 0 Å². The molecule has 3 aromatic rings. The minimum absolute atomic E-state index is 1.18. The van der Waals surface area contributed by atoms with Gasteiger partial charge in [-0.15, -0.1) is 0 Å². The Morgan fingerprint density at radius 2 is 1.07 bits per heavy atom. The van der Waals surface area contributed by atoms with E-state index in [2.05, 4.69) is 112 Å². The summed E-state index contributed by atoms with van der Waals surface area (Å²) in [7, 11) is 0. The van der Waals surface area contributed by atoms with Crippen LogP contribution in [0.5, 0.6) is 0 Å². The molecule has 0 bridgehead atoms. The molecule has 0 radical (unpaired) electrons. The van der Waals surface area contributed by atoms with Gasteiger partial charge in [0.1, 0.15) is 0 Å². The predicted octanol–water partition coefficient (Wildman–Crippen LogP) is 8.12. The molecule has 27 heavy (non-hydrogen) atoms. The minimum Gasteiger partial charge on any atom is -0.0990 e. The van der Waals surface area contributed by atoms with Gasteiger partial charge in [0, 0.05) is 0 Å². The fourth-order valence-corrected chi connectivity index (χ4v) is 3.78. The van der Waals surface area contributed by atoms with Gasteiger partial charge in [-0.25, -0.2) is 0 Å². The summed E-state index contributed by atoms with van der Waals surface area (Å²) in [6, 6.07) is 17.4. The van der Waals surface area contributed by atoms with Crippen molar-refractivity contribution in [1.29, 1.82) is 0 Å². The van der Waals surface area contributed by atoms with Crippen LogP contribution in [0.25, 0.3) is 32.7 Å². The van der Waals surface area contributed by atoms with Gasteiger partial charge in [-0.05, 0) is 64.6 Å². The summed E-state index contributed by atoms with van der Waals surface area (Å²) in [5.74, 6) is 0. The Bertz CT molecular complexity index is 1040. The van der Waals surface area contributed by atoms with Crippen LogP contribution in [0.1, 0.15) is 31.9 Å². The molecule has 0 aliphatic carbocycles. The zero-order valence-corrected chi connectivity index (χ0v) is 16.4. The average Bonchev–Trinajstić information content (AvgIpc) is 2.70. The first-order valence-electron chi connectivity index (χ1n) is 9.45. The van der Waals surface area contributed by atoms with Crippen LogP contribution in [0.3, 0.4) is 0 Å². The molecule has 0 unspecified atom stereocenters. The summed E-state index contributed by atoms with van der Waals surface area (Å²) in [5, 5.41) is 5.08. The van der Waals surface area contributed by atoms with E-state index in [4.69, 9.17) is 0 Å². The molecule has 134 valence electrons. The molecule has 3 aromatic carbocycles. The van der Waals surface area contributed by atoms with Crippen molar-refractivity contribution >= 4 is 32.7 Å². The topological polar surface area (TPSA) is 0 Å². The molecule has 0 aliphatic rings. The van der Waals surface area contributed by atoms with Gasteiger partial charge in [0.25, 0.3) is 0 Å². The van der Waals surface area contributed by atoms with Crippen LogP contribution >= 0.6 is 0 Å². The normalized spacial score (nSPS) is 13.3. The maximum Gasteiger partial charge on any atom is -0.00265 e. The van der Waals surface area contributed by atoms with Gasteiger partial charge in [0.05, 0.1) is 0 Å². The Labute approximate surface area is 162 Å². The van der Waals surface area contributed by atoms with Crippen molar-refractivity contribution in [2.45, 2.75) is 20.8 Å². The fraction of sp³-hybridized carbons (Fsp3) is 0.111. The van der Waals surface area contributed by atoms with Gasteiger partial charge in [-0.1, -0.05) is 97.6 Å². The lowest BCUT2D eigenvalue weighted by Crippen LogP contribution is -1.94. The molecular formula is C27H26. The first kappa shape index (κ1) is 18.7. The molecule has 0 fully saturated rings. The molecule has 0 spiro atoms. The monoisotopic (exact) mass is 350 g/mol. The second-order valence-corrected chi connectivity index (χ2v) is 6.44. The maximum atomic E-state index is 3.92. The van der Waals surface area contributed by atoms with E-state index in [0.717, 1.165) is 0 Å². The van der Waals surface area contributed by atoms with E-state index in [1.165, 1.54) is 43.8 Å². The Balaban J connectivity index is 2.60. The van der Waals surface area contributed by atoms with Crippen molar-refractivity contribution in [2.75, 3.05) is 0 Å². The van der Waals surface area contributed by atoms with Crippen molar-refractivity contribution in [1.82, 2.24) is 0 Å². The zero-order valence-electron chi connectivity index (χ0n) is 16.4. The van der Waals surface area contributed by atoms with E-state index in [1.54, 1.807) is 0 Å². The van der Waals surface area contributed by atoms with Crippen LogP contribution in [0, 0.1) is 0 Å². The molecule has 0 aromatic heterocycles. The van der Waals surface area contributed by atoms with Crippen molar-refractivity contribution < 1.29 is 0 Å². The molecule has 0 aliphatic heterocycles. The van der Waals surface area contributed by atoms with E-state index in [1.807, 2.05) is 6.08 Å². The lowest BCUT2D eigenvalue weighted by atomic mass is 9.85. The van der Waals surface area contributed by atoms with E-state index in [-0.39, 0.29) is 0 Å². The van der Waals surface area contributed by atoms with Crippen LogP contribution < -0.4 is 0 Å². The van der Waals surface area contributed by atoms with Crippen molar-refractivity contribution in [2.24, 2.45) is 0 Å². The molecule has 0 N–H and O–H groups in total. The third-order valence-corrected chi connectivity index (χ3v) is 4.81. The SMILES string of the molecule is C=C/C=C(\C=C/C)c1c2ccccc2c(C(/C=C\C)=C/C)c2ccccc12. The highest BCUT2D eigenvalue weighted by Gasteiger charge is 2.16. The van der Waals surface area contributed by atoms with Gasteiger partial charge in [0.15, 0.2) is 0 Å². The second-order valence-electron chi connectivity index (χ2n) is 6.44. The Morgan fingerprint density at radius 3 is 1.44 bits per heavy atom. The number of allylic oxidation sites excluding steroid dienone is 9. The molecule has 0 nitrogen and oxygen atoms in total. The van der Waals surface area contributed by atoms with Gasteiger partial charge in [-0.2, -0.15) is 0 Å². The lowest BCUT2D eigenvalue weighted by Gasteiger charge is -2.18. The largest absolute Gasteiger partial charge is 0.0990 e. The molecule has 0 heteroatoms. The summed E-state index contributed by atoms with van der Waals surface area (Å²) in [6.45, 7) is 10.2. The average molecular weight is 351 g/mol. The Morgan fingerprint density at radius 1 is 0.667 bits per heavy atom. The highest BCUT2D eigenvalue weighted by molar-refractivity contribution is 6.17. The summed E-state index contributed by atoms with van der Waals surface area (Å²) in [4.78, 5) is 0. The number of hydrogen-bond donors (Lipinski definition) is 0. The molecule has 0 saturated carbocycles. The predicted molar refractivity (Wildman–Crippen MR) is 123 cm³/mol. The summed E-state index contributed by atoms with van der Waals surface area (Å²) in [5.41, 5.74) is 4.99. The number of hydrogen-bond acceptors (Lipinski definition) is 0. The number of rotatable bonds is 5. The summed E-state index contributed by atoms with van der Waals surface area (Å²) < 4.78 is 0.